The molecule has 0 aliphatic carbocycles. The van der Waals surface area contributed by atoms with E-state index in [1.54, 1.807) is 68.6 Å². The van der Waals surface area contributed by atoms with Crippen LogP contribution in [0.5, 0.6) is 11.5 Å². The average Bonchev–Trinajstić information content (AvgIpc) is 3.18. The number of anilines is 1. The Bertz CT molecular complexity index is 1390. The molecule has 1 amide bonds. The van der Waals surface area contributed by atoms with E-state index >= 15 is 0 Å². The third kappa shape index (κ3) is 4.78. The predicted octanol–water partition coefficient (Wildman–Crippen LogP) is 4.82. The van der Waals surface area contributed by atoms with E-state index in [1.807, 2.05) is 6.92 Å². The highest BCUT2D eigenvalue weighted by Gasteiger charge is 2.47. The number of carbonyl (C=O) groups excluding carboxylic acids is 3. The van der Waals surface area contributed by atoms with E-state index in [2.05, 4.69) is 0 Å². The van der Waals surface area contributed by atoms with Gasteiger partial charge in [-0.3, -0.25) is 14.5 Å². The van der Waals surface area contributed by atoms with Gasteiger partial charge >= 0.3 is 5.97 Å². The molecule has 8 heteroatoms. The first-order valence-electron chi connectivity index (χ1n) is 11.7. The fourth-order valence-corrected chi connectivity index (χ4v) is 4.38. The predicted molar refractivity (Wildman–Crippen MR) is 138 cm³/mol. The molecule has 37 heavy (non-hydrogen) atoms. The SMILES string of the molecule is CCOC(=O)c1ccc(N2C(=O)C(=O)/C(=C(\O)c3ccc(OC)c(C)c3)C2c2cccc(OC)c2)cc1. The zero-order valence-corrected chi connectivity index (χ0v) is 21.0. The molecule has 1 heterocycles. The Balaban J connectivity index is 1.88. The highest BCUT2D eigenvalue weighted by atomic mass is 16.5. The number of benzene rings is 3. The molecule has 0 spiro atoms. The lowest BCUT2D eigenvalue weighted by Crippen LogP contribution is -2.29. The maximum absolute atomic E-state index is 13.4. The van der Waals surface area contributed by atoms with E-state index < -0.39 is 23.7 Å². The van der Waals surface area contributed by atoms with Gasteiger partial charge in [0.1, 0.15) is 17.3 Å². The summed E-state index contributed by atoms with van der Waals surface area (Å²) in [6.07, 6.45) is 0. The summed E-state index contributed by atoms with van der Waals surface area (Å²) in [6, 6.07) is 17.2. The van der Waals surface area contributed by atoms with Gasteiger partial charge in [0.25, 0.3) is 11.7 Å². The number of hydrogen-bond donors (Lipinski definition) is 1. The molecule has 0 saturated carbocycles. The van der Waals surface area contributed by atoms with Crippen molar-refractivity contribution in [1.29, 1.82) is 0 Å². The highest BCUT2D eigenvalue weighted by Crippen LogP contribution is 2.43. The van der Waals surface area contributed by atoms with Crippen LogP contribution in [0, 0.1) is 6.92 Å². The van der Waals surface area contributed by atoms with Crippen molar-refractivity contribution in [3.63, 3.8) is 0 Å². The summed E-state index contributed by atoms with van der Waals surface area (Å²) in [7, 11) is 3.06. The number of hydrogen-bond acceptors (Lipinski definition) is 7. The van der Waals surface area contributed by atoms with Gasteiger partial charge in [-0.25, -0.2) is 4.79 Å². The molecule has 0 radical (unpaired) electrons. The summed E-state index contributed by atoms with van der Waals surface area (Å²) in [6.45, 7) is 3.76. The third-order valence-electron chi connectivity index (χ3n) is 6.18. The fourth-order valence-electron chi connectivity index (χ4n) is 4.38. The number of carbonyl (C=O) groups is 3. The Labute approximate surface area is 214 Å². The van der Waals surface area contributed by atoms with Crippen LogP contribution in [0.2, 0.25) is 0 Å². The highest BCUT2D eigenvalue weighted by molar-refractivity contribution is 6.51. The van der Waals surface area contributed by atoms with Crippen LogP contribution < -0.4 is 14.4 Å². The number of ketones is 1. The molecule has 1 unspecified atom stereocenters. The zero-order chi connectivity index (χ0) is 26.7. The van der Waals surface area contributed by atoms with Crippen molar-refractivity contribution in [2.45, 2.75) is 19.9 Å². The second kappa shape index (κ2) is 10.6. The van der Waals surface area contributed by atoms with Gasteiger partial charge in [-0.15, -0.1) is 0 Å². The first kappa shape index (κ1) is 25.5. The van der Waals surface area contributed by atoms with Crippen molar-refractivity contribution in [2.24, 2.45) is 0 Å². The van der Waals surface area contributed by atoms with E-state index in [0.29, 0.717) is 33.9 Å². The molecule has 3 aromatic rings. The van der Waals surface area contributed by atoms with Crippen molar-refractivity contribution in [3.05, 3.63) is 94.6 Å². The topological polar surface area (TPSA) is 102 Å². The van der Waals surface area contributed by atoms with Crippen molar-refractivity contribution < 1.29 is 33.7 Å². The monoisotopic (exact) mass is 501 g/mol. The summed E-state index contributed by atoms with van der Waals surface area (Å²) in [5.41, 5.74) is 2.34. The van der Waals surface area contributed by atoms with Crippen molar-refractivity contribution in [2.75, 3.05) is 25.7 Å². The van der Waals surface area contributed by atoms with E-state index in [-0.39, 0.29) is 17.9 Å². The summed E-state index contributed by atoms with van der Waals surface area (Å²) in [5.74, 6) is -1.27. The van der Waals surface area contributed by atoms with E-state index in [1.165, 1.54) is 24.1 Å². The largest absolute Gasteiger partial charge is 0.507 e. The number of ether oxygens (including phenoxy) is 3. The smallest absolute Gasteiger partial charge is 0.338 e. The molecular formula is C29H27NO7. The number of amides is 1. The zero-order valence-electron chi connectivity index (χ0n) is 21.0. The number of rotatable bonds is 7. The summed E-state index contributed by atoms with van der Waals surface area (Å²) in [4.78, 5) is 40.2. The normalized spacial score (nSPS) is 16.5. The second-order valence-electron chi connectivity index (χ2n) is 8.40. The molecular weight excluding hydrogens is 474 g/mol. The maximum atomic E-state index is 13.4. The van der Waals surface area contributed by atoms with E-state index in [0.717, 1.165) is 5.56 Å². The molecule has 8 nitrogen and oxygen atoms in total. The lowest BCUT2D eigenvalue weighted by Gasteiger charge is -2.26. The lowest BCUT2D eigenvalue weighted by molar-refractivity contribution is -0.132. The summed E-state index contributed by atoms with van der Waals surface area (Å²) < 4.78 is 15.7. The molecule has 1 N–H and O–H groups in total. The van der Waals surface area contributed by atoms with Gasteiger partial charge in [-0.05, 0) is 79.6 Å². The van der Waals surface area contributed by atoms with Crippen molar-refractivity contribution >= 4 is 29.1 Å². The Kier molecular flexibility index (Phi) is 7.29. The number of methoxy groups -OCH3 is 2. The van der Waals surface area contributed by atoms with Crippen LogP contribution in [0.3, 0.4) is 0 Å². The Morgan fingerprint density at radius 2 is 1.65 bits per heavy atom. The number of Topliss-reactive ketones (excluding diaryl/α,β-unsaturated/α-hetero) is 1. The molecule has 1 aliphatic heterocycles. The van der Waals surface area contributed by atoms with E-state index in [9.17, 15) is 19.5 Å². The minimum Gasteiger partial charge on any atom is -0.507 e. The number of nitrogens with zero attached hydrogens (tertiary/aromatic N) is 1. The molecule has 1 atom stereocenters. The Morgan fingerprint density at radius 3 is 2.27 bits per heavy atom. The van der Waals surface area contributed by atoms with Gasteiger partial charge in [0.2, 0.25) is 0 Å². The average molecular weight is 502 g/mol. The maximum Gasteiger partial charge on any atom is 0.338 e. The van der Waals surface area contributed by atoms with Crippen molar-refractivity contribution in [1.82, 2.24) is 0 Å². The molecule has 4 rings (SSSR count). The molecule has 0 aromatic heterocycles. The van der Waals surface area contributed by atoms with Gasteiger partial charge in [0.15, 0.2) is 0 Å². The van der Waals surface area contributed by atoms with Crippen LogP contribution in [0.15, 0.2) is 72.3 Å². The van der Waals surface area contributed by atoms with Crippen LogP contribution in [-0.4, -0.2) is 43.6 Å². The Morgan fingerprint density at radius 1 is 0.946 bits per heavy atom. The van der Waals surface area contributed by atoms with Crippen molar-refractivity contribution in [3.8, 4) is 11.5 Å². The van der Waals surface area contributed by atoms with E-state index in [4.69, 9.17) is 14.2 Å². The summed E-state index contributed by atoms with van der Waals surface area (Å²) in [5, 5.41) is 11.3. The number of esters is 1. The standard InChI is InChI=1S/C29H27NO7/c1-5-37-29(34)18-9-12-21(13-10-18)30-25(19-7-6-8-22(16-19)35-3)24(27(32)28(30)33)26(31)20-11-14-23(36-4)17(2)15-20/h6-16,25,31H,5H2,1-4H3/b26-24-. The quantitative estimate of drug-likeness (QED) is 0.214. The minimum absolute atomic E-state index is 0.0581. The molecule has 190 valence electrons. The van der Waals surface area contributed by atoms with Gasteiger partial charge in [-0.2, -0.15) is 0 Å². The third-order valence-corrected chi connectivity index (χ3v) is 6.18. The second-order valence-corrected chi connectivity index (χ2v) is 8.40. The first-order chi connectivity index (χ1) is 17.8. The molecule has 1 aliphatic rings. The molecule has 1 saturated heterocycles. The van der Waals surface area contributed by atoms with Crippen LogP contribution in [0.4, 0.5) is 5.69 Å². The van der Waals surface area contributed by atoms with Gasteiger partial charge in [0, 0.05) is 11.3 Å². The Hall–Kier alpha value is -4.59. The first-order valence-corrected chi connectivity index (χ1v) is 11.7. The van der Waals surface area contributed by atoms with Crippen LogP contribution in [0.25, 0.3) is 5.76 Å². The molecule has 3 aromatic carbocycles. The number of aliphatic hydroxyl groups excluding tert-OH is 1. The molecule has 1 fully saturated rings. The summed E-state index contributed by atoms with van der Waals surface area (Å²) >= 11 is 0. The lowest BCUT2D eigenvalue weighted by atomic mass is 9.94. The van der Waals surface area contributed by atoms with Crippen LogP contribution in [-0.2, 0) is 14.3 Å². The van der Waals surface area contributed by atoms with Crippen LogP contribution >= 0.6 is 0 Å². The van der Waals surface area contributed by atoms with Gasteiger partial charge < -0.3 is 19.3 Å². The molecule has 0 bridgehead atoms. The fraction of sp³-hybridized carbons (Fsp3) is 0.207. The minimum atomic E-state index is -0.939. The van der Waals surface area contributed by atoms with Gasteiger partial charge in [-0.1, -0.05) is 12.1 Å². The number of aryl methyl sites for hydroxylation is 1. The van der Waals surface area contributed by atoms with Crippen LogP contribution in [0.1, 0.15) is 40.0 Å². The van der Waals surface area contributed by atoms with Gasteiger partial charge in [0.05, 0.1) is 38.0 Å². The number of aliphatic hydroxyl groups is 1.